The van der Waals surface area contributed by atoms with E-state index in [9.17, 15) is 9.18 Å². The van der Waals surface area contributed by atoms with Crippen LogP contribution in [-0.4, -0.2) is 55.1 Å². The van der Waals surface area contributed by atoms with Crippen LogP contribution in [0.5, 0.6) is 0 Å². The lowest BCUT2D eigenvalue weighted by atomic mass is 10.0. The Morgan fingerprint density at radius 3 is 3.00 bits per heavy atom. The van der Waals surface area contributed by atoms with Gasteiger partial charge in [0.15, 0.2) is 0 Å². The van der Waals surface area contributed by atoms with Crippen molar-refractivity contribution in [3.63, 3.8) is 0 Å². The summed E-state index contributed by atoms with van der Waals surface area (Å²) in [5.41, 5.74) is 0.938. The summed E-state index contributed by atoms with van der Waals surface area (Å²) in [6.07, 6.45) is 0.828. The minimum Gasteiger partial charge on any atom is -0.376 e. The third-order valence-electron chi connectivity index (χ3n) is 4.69. The predicted octanol–water partition coefficient (Wildman–Crippen LogP) is 1.37. The number of benzene rings is 1. The second-order valence-electron chi connectivity index (χ2n) is 6.39. The first-order valence-corrected chi connectivity index (χ1v) is 7.76. The zero-order valence-electron chi connectivity index (χ0n) is 13.3. The second kappa shape index (κ2) is 6.26. The van der Waals surface area contributed by atoms with Crippen molar-refractivity contribution >= 4 is 5.91 Å². The quantitative estimate of drug-likeness (QED) is 0.845. The highest BCUT2D eigenvalue weighted by atomic mass is 19.1. The van der Waals surface area contributed by atoms with Crippen molar-refractivity contribution in [1.29, 1.82) is 5.26 Å². The van der Waals surface area contributed by atoms with Gasteiger partial charge >= 0.3 is 0 Å². The van der Waals surface area contributed by atoms with Crippen LogP contribution in [0.25, 0.3) is 0 Å². The Morgan fingerprint density at radius 2 is 2.30 bits per heavy atom. The van der Waals surface area contributed by atoms with E-state index in [-0.39, 0.29) is 29.5 Å². The van der Waals surface area contributed by atoms with Gasteiger partial charge in [0.25, 0.3) is 0 Å². The third-order valence-corrected chi connectivity index (χ3v) is 4.69. The Balaban J connectivity index is 1.78. The molecule has 3 atom stereocenters. The summed E-state index contributed by atoms with van der Waals surface area (Å²) in [5.74, 6) is -0.574. The van der Waals surface area contributed by atoms with Crippen LogP contribution in [0.4, 0.5) is 4.39 Å². The summed E-state index contributed by atoms with van der Waals surface area (Å²) in [6.45, 7) is 1.89. The number of hydrogen-bond donors (Lipinski definition) is 0. The maximum atomic E-state index is 13.4. The SMILES string of the molecule is CN(C)C(=O)[C@H]1CN(Cc2ccc(F)c(C#N)c2)[C@@H]2CCO[C@H]12. The maximum absolute atomic E-state index is 13.4. The van der Waals surface area contributed by atoms with Crippen LogP contribution in [0.2, 0.25) is 0 Å². The zero-order valence-corrected chi connectivity index (χ0v) is 13.3. The molecule has 3 rings (SSSR count). The molecule has 2 saturated heterocycles. The van der Waals surface area contributed by atoms with Gasteiger partial charge in [0.2, 0.25) is 5.91 Å². The first-order chi connectivity index (χ1) is 11.0. The number of carbonyl (C=O) groups is 1. The van der Waals surface area contributed by atoms with Crippen molar-refractivity contribution in [3.05, 3.63) is 35.1 Å². The van der Waals surface area contributed by atoms with E-state index in [1.165, 1.54) is 6.07 Å². The van der Waals surface area contributed by atoms with Gasteiger partial charge in [0.05, 0.1) is 17.6 Å². The van der Waals surface area contributed by atoms with E-state index < -0.39 is 5.82 Å². The summed E-state index contributed by atoms with van der Waals surface area (Å²) in [4.78, 5) is 16.2. The Bertz CT molecular complexity index is 656. The summed E-state index contributed by atoms with van der Waals surface area (Å²) < 4.78 is 19.2. The molecule has 1 aromatic rings. The summed E-state index contributed by atoms with van der Waals surface area (Å²) in [6, 6.07) is 6.69. The molecule has 23 heavy (non-hydrogen) atoms. The Hall–Kier alpha value is -1.97. The fourth-order valence-corrected chi connectivity index (χ4v) is 3.59. The van der Waals surface area contributed by atoms with Gasteiger partial charge < -0.3 is 9.64 Å². The molecule has 122 valence electrons. The van der Waals surface area contributed by atoms with Gasteiger partial charge in [-0.15, -0.1) is 0 Å². The van der Waals surface area contributed by atoms with Crippen LogP contribution in [0, 0.1) is 23.1 Å². The molecule has 0 saturated carbocycles. The second-order valence-corrected chi connectivity index (χ2v) is 6.39. The van der Waals surface area contributed by atoms with Crippen LogP contribution in [0.3, 0.4) is 0 Å². The summed E-state index contributed by atoms with van der Waals surface area (Å²) in [7, 11) is 3.52. The van der Waals surface area contributed by atoms with Crippen LogP contribution < -0.4 is 0 Å². The van der Waals surface area contributed by atoms with Crippen molar-refractivity contribution in [1.82, 2.24) is 9.80 Å². The summed E-state index contributed by atoms with van der Waals surface area (Å²) >= 11 is 0. The van der Waals surface area contributed by atoms with Gasteiger partial charge in [0, 0.05) is 39.8 Å². The highest BCUT2D eigenvalue weighted by Gasteiger charge is 2.48. The van der Waals surface area contributed by atoms with Gasteiger partial charge in [-0.05, 0) is 24.1 Å². The van der Waals surface area contributed by atoms with Crippen molar-refractivity contribution in [2.75, 3.05) is 27.2 Å². The van der Waals surface area contributed by atoms with Gasteiger partial charge in [-0.25, -0.2) is 4.39 Å². The number of rotatable bonds is 3. The van der Waals surface area contributed by atoms with Gasteiger partial charge in [-0.3, -0.25) is 9.69 Å². The topological polar surface area (TPSA) is 56.6 Å². The van der Waals surface area contributed by atoms with Crippen molar-refractivity contribution < 1.29 is 13.9 Å². The van der Waals surface area contributed by atoms with Crippen molar-refractivity contribution in [3.8, 4) is 6.07 Å². The highest BCUT2D eigenvalue weighted by Crippen LogP contribution is 2.35. The zero-order chi connectivity index (χ0) is 16.6. The minimum absolute atomic E-state index is 0.0573. The van der Waals surface area contributed by atoms with E-state index >= 15 is 0 Å². The lowest BCUT2D eigenvalue weighted by Crippen LogP contribution is -2.37. The average Bonchev–Trinajstić information content (AvgIpc) is 3.12. The van der Waals surface area contributed by atoms with Crippen LogP contribution in [-0.2, 0) is 16.1 Å². The monoisotopic (exact) mass is 317 g/mol. The number of halogens is 1. The highest BCUT2D eigenvalue weighted by molar-refractivity contribution is 5.79. The van der Waals surface area contributed by atoms with Gasteiger partial charge in [-0.1, -0.05) is 6.07 Å². The molecule has 1 amide bonds. The molecule has 1 aromatic carbocycles. The maximum Gasteiger partial charge on any atom is 0.229 e. The van der Waals surface area contributed by atoms with Crippen LogP contribution in [0.15, 0.2) is 18.2 Å². The molecule has 5 nitrogen and oxygen atoms in total. The molecule has 0 spiro atoms. The first kappa shape index (κ1) is 15.9. The average molecular weight is 317 g/mol. The van der Waals surface area contributed by atoms with Gasteiger partial charge in [-0.2, -0.15) is 5.26 Å². The number of nitrogens with zero attached hydrogens (tertiary/aromatic N) is 3. The molecule has 0 unspecified atom stereocenters. The molecule has 0 aromatic heterocycles. The molecular formula is C17H20FN3O2. The van der Waals surface area contributed by atoms with E-state index in [4.69, 9.17) is 10.00 Å². The van der Waals surface area contributed by atoms with E-state index in [1.807, 2.05) is 6.07 Å². The molecule has 2 heterocycles. The molecule has 0 N–H and O–H groups in total. The molecule has 6 heteroatoms. The molecule has 2 aliphatic rings. The van der Waals surface area contributed by atoms with Crippen LogP contribution >= 0.6 is 0 Å². The number of ether oxygens (including phenoxy) is 1. The van der Waals surface area contributed by atoms with E-state index in [0.29, 0.717) is 19.7 Å². The molecule has 2 aliphatic heterocycles. The number of fused-ring (bicyclic) bond motifs is 1. The number of carbonyl (C=O) groups excluding carboxylic acids is 1. The number of hydrogen-bond acceptors (Lipinski definition) is 4. The van der Waals surface area contributed by atoms with Crippen molar-refractivity contribution in [2.24, 2.45) is 5.92 Å². The number of likely N-dealkylation sites (tertiary alicyclic amines) is 1. The fraction of sp³-hybridized carbons (Fsp3) is 0.529. The number of amides is 1. The fourth-order valence-electron chi connectivity index (χ4n) is 3.59. The predicted molar refractivity (Wildman–Crippen MR) is 81.9 cm³/mol. The molecule has 0 radical (unpaired) electrons. The molecule has 0 bridgehead atoms. The lowest BCUT2D eigenvalue weighted by molar-refractivity contribution is -0.135. The smallest absolute Gasteiger partial charge is 0.229 e. The Kier molecular flexibility index (Phi) is 4.33. The summed E-state index contributed by atoms with van der Waals surface area (Å²) in [5, 5.41) is 8.96. The molecule has 2 fully saturated rings. The first-order valence-electron chi connectivity index (χ1n) is 7.76. The molecule has 0 aliphatic carbocycles. The normalized spacial score (nSPS) is 26.8. The number of nitriles is 1. The Labute approximate surface area is 135 Å². The van der Waals surface area contributed by atoms with E-state index in [2.05, 4.69) is 4.90 Å². The minimum atomic E-state index is -0.500. The largest absolute Gasteiger partial charge is 0.376 e. The van der Waals surface area contributed by atoms with E-state index in [0.717, 1.165) is 12.0 Å². The van der Waals surface area contributed by atoms with Crippen LogP contribution in [0.1, 0.15) is 17.5 Å². The Morgan fingerprint density at radius 1 is 1.52 bits per heavy atom. The van der Waals surface area contributed by atoms with E-state index in [1.54, 1.807) is 31.1 Å². The lowest BCUT2D eigenvalue weighted by Gasteiger charge is -2.22. The molecular weight excluding hydrogens is 297 g/mol. The standard InChI is InChI=1S/C17H20FN3O2/c1-20(2)17(22)13-10-21(15-5-6-23-16(13)15)9-11-3-4-14(18)12(7-11)8-19/h3-4,7,13,15-16H,5-6,9-10H2,1-2H3/t13-,15+,16+/m0/s1. The van der Waals surface area contributed by atoms with Crippen molar-refractivity contribution in [2.45, 2.75) is 25.1 Å². The van der Waals surface area contributed by atoms with Gasteiger partial charge in [0.1, 0.15) is 11.9 Å². The third kappa shape index (κ3) is 2.94.